The Hall–Kier alpha value is -0.490. The van der Waals surface area contributed by atoms with E-state index in [1.54, 1.807) is 7.11 Å². The van der Waals surface area contributed by atoms with Gasteiger partial charge in [0.15, 0.2) is 0 Å². The average molecular weight is 199 g/mol. The number of methoxy groups -OCH3 is 1. The minimum atomic E-state index is -0.551. The minimum Gasteiger partial charge on any atom is -0.333 e. The minimum absolute atomic E-state index is 0.0172. The third-order valence-corrected chi connectivity index (χ3v) is 3.17. The fourth-order valence-corrected chi connectivity index (χ4v) is 2.59. The Balaban J connectivity index is 1.80. The highest BCUT2D eigenvalue weighted by Crippen LogP contribution is 2.35. The van der Waals surface area contributed by atoms with Gasteiger partial charge in [0.1, 0.15) is 18.0 Å². The highest BCUT2D eigenvalue weighted by atomic mass is 16.9. The Labute approximate surface area is 81.7 Å². The van der Waals surface area contributed by atoms with Gasteiger partial charge in [-0.05, 0) is 0 Å². The molecule has 0 aromatic heterocycles. The van der Waals surface area contributed by atoms with E-state index in [-0.39, 0.29) is 24.3 Å². The summed E-state index contributed by atoms with van der Waals surface area (Å²) < 4.78 is 16.1. The maximum absolute atomic E-state index is 11.3. The van der Waals surface area contributed by atoms with E-state index in [1.165, 1.54) is 0 Å². The lowest BCUT2D eigenvalue weighted by Crippen LogP contribution is -2.43. The number of piperidine rings is 1. The Kier molecular flexibility index (Phi) is 1.88. The van der Waals surface area contributed by atoms with Crippen LogP contribution >= 0.6 is 0 Å². The second-order valence-electron chi connectivity index (χ2n) is 4.05. The Morgan fingerprint density at radius 1 is 1.29 bits per heavy atom. The number of Topliss-reactive ketones (excluding diaryl/α,β-unsaturated/α-hetero) is 1. The van der Waals surface area contributed by atoms with E-state index in [4.69, 9.17) is 14.2 Å². The molecule has 3 saturated heterocycles. The monoisotopic (exact) mass is 199 g/mol. The van der Waals surface area contributed by atoms with Crippen molar-refractivity contribution in [3.63, 3.8) is 0 Å². The van der Waals surface area contributed by atoms with Crippen molar-refractivity contribution in [3.05, 3.63) is 0 Å². The fraction of sp³-hybridized carbons (Fsp3) is 0.889. The van der Waals surface area contributed by atoms with Crippen LogP contribution in [-0.4, -0.2) is 43.7 Å². The zero-order chi connectivity index (χ0) is 9.71. The number of carbonyl (C=O) groups excluding carboxylic acids is 1. The molecule has 0 saturated carbocycles. The molecule has 0 radical (unpaired) electrons. The van der Waals surface area contributed by atoms with Crippen LogP contribution in [0.25, 0.3) is 0 Å². The van der Waals surface area contributed by atoms with Crippen LogP contribution in [0, 0.1) is 0 Å². The van der Waals surface area contributed by atoms with Gasteiger partial charge in [-0.15, -0.1) is 0 Å². The average Bonchev–Trinajstić information content (AvgIpc) is 2.68. The van der Waals surface area contributed by atoms with Crippen LogP contribution in [0.5, 0.6) is 0 Å². The number of ether oxygens (including phenoxy) is 3. The van der Waals surface area contributed by atoms with Crippen molar-refractivity contribution < 1.29 is 19.0 Å². The fourth-order valence-electron chi connectivity index (χ4n) is 2.59. The summed E-state index contributed by atoms with van der Waals surface area (Å²) in [5, 5.41) is 3.34. The summed E-state index contributed by atoms with van der Waals surface area (Å²) >= 11 is 0. The van der Waals surface area contributed by atoms with Gasteiger partial charge in [0.05, 0.1) is 0 Å². The lowest BCUT2D eigenvalue weighted by atomic mass is 10.0. The lowest BCUT2D eigenvalue weighted by Gasteiger charge is -2.23. The summed E-state index contributed by atoms with van der Waals surface area (Å²) in [5.41, 5.74) is 0. The summed E-state index contributed by atoms with van der Waals surface area (Å²) in [4.78, 5) is 11.3. The van der Waals surface area contributed by atoms with E-state index < -0.39 is 6.48 Å². The highest BCUT2D eigenvalue weighted by Gasteiger charge is 2.54. The molecule has 3 aliphatic heterocycles. The van der Waals surface area contributed by atoms with Gasteiger partial charge in [0, 0.05) is 32.0 Å². The van der Waals surface area contributed by atoms with Crippen LogP contribution in [-0.2, 0) is 19.0 Å². The molecule has 1 unspecified atom stereocenters. The molecule has 0 aliphatic carbocycles. The summed E-state index contributed by atoms with van der Waals surface area (Å²) in [5.74, 6) is 0.300. The number of hydrogen-bond donors (Lipinski definition) is 1. The molecule has 78 valence electrons. The summed E-state index contributed by atoms with van der Waals surface area (Å²) in [7, 11) is 1.56. The predicted octanol–water partition coefficient (Wildman–Crippen LogP) is -0.596. The molecule has 3 aliphatic rings. The van der Waals surface area contributed by atoms with Crippen LogP contribution in [0.15, 0.2) is 0 Å². The van der Waals surface area contributed by atoms with E-state index in [9.17, 15) is 4.79 Å². The van der Waals surface area contributed by atoms with Crippen molar-refractivity contribution >= 4 is 5.78 Å². The zero-order valence-corrected chi connectivity index (χ0v) is 7.93. The lowest BCUT2D eigenvalue weighted by molar-refractivity contribution is -0.235. The molecule has 1 N–H and O–H groups in total. The SMILES string of the molecule is COC1O[C@@H]2[C@H](O1)[C@H]1CC(=O)C[C@@H]2N1. The van der Waals surface area contributed by atoms with Crippen molar-refractivity contribution in [2.24, 2.45) is 0 Å². The van der Waals surface area contributed by atoms with Crippen molar-refractivity contribution in [1.82, 2.24) is 5.32 Å². The van der Waals surface area contributed by atoms with Crippen molar-refractivity contribution in [1.29, 1.82) is 0 Å². The Morgan fingerprint density at radius 3 is 2.36 bits per heavy atom. The first-order valence-electron chi connectivity index (χ1n) is 4.89. The van der Waals surface area contributed by atoms with Crippen molar-refractivity contribution in [3.8, 4) is 0 Å². The first-order valence-corrected chi connectivity index (χ1v) is 4.89. The van der Waals surface area contributed by atoms with E-state index in [0.717, 1.165) is 0 Å². The van der Waals surface area contributed by atoms with E-state index in [1.807, 2.05) is 0 Å². The topological polar surface area (TPSA) is 56.8 Å². The predicted molar refractivity (Wildman–Crippen MR) is 45.5 cm³/mol. The standard InChI is InChI=1S/C9H13NO4/c1-12-9-13-7-5-2-4(11)3-6(10-5)8(7)14-9/h5-10H,2-3H2,1H3/t5-,6+,7-,8+,9?. The molecule has 0 aromatic carbocycles. The van der Waals surface area contributed by atoms with Crippen LogP contribution in [0.1, 0.15) is 12.8 Å². The maximum atomic E-state index is 11.3. The number of fused-ring (bicyclic) bond motifs is 5. The molecular weight excluding hydrogens is 186 g/mol. The molecule has 5 nitrogen and oxygen atoms in total. The second kappa shape index (κ2) is 3.00. The molecule has 0 spiro atoms. The smallest absolute Gasteiger partial charge is 0.272 e. The van der Waals surface area contributed by atoms with Crippen LogP contribution in [0.2, 0.25) is 0 Å². The third kappa shape index (κ3) is 1.13. The number of hydrogen-bond acceptors (Lipinski definition) is 5. The van der Waals surface area contributed by atoms with E-state index >= 15 is 0 Å². The molecule has 0 amide bonds. The number of ketones is 1. The molecule has 5 atom stereocenters. The van der Waals surface area contributed by atoms with Gasteiger partial charge < -0.3 is 19.5 Å². The van der Waals surface area contributed by atoms with Crippen molar-refractivity contribution in [2.45, 2.75) is 43.6 Å². The molecule has 3 fully saturated rings. The number of carbonyl (C=O) groups is 1. The molecule has 2 bridgehead atoms. The van der Waals surface area contributed by atoms with Gasteiger partial charge >= 0.3 is 0 Å². The van der Waals surface area contributed by atoms with Gasteiger partial charge in [-0.3, -0.25) is 4.79 Å². The first-order chi connectivity index (χ1) is 6.78. The molecule has 3 rings (SSSR count). The van der Waals surface area contributed by atoms with Crippen LogP contribution < -0.4 is 5.32 Å². The van der Waals surface area contributed by atoms with Gasteiger partial charge in [-0.25, -0.2) is 0 Å². The largest absolute Gasteiger partial charge is 0.333 e. The van der Waals surface area contributed by atoms with Gasteiger partial charge in [-0.1, -0.05) is 0 Å². The first kappa shape index (κ1) is 8.79. The van der Waals surface area contributed by atoms with Gasteiger partial charge in [0.2, 0.25) is 0 Å². The molecule has 14 heavy (non-hydrogen) atoms. The zero-order valence-electron chi connectivity index (χ0n) is 7.93. The Bertz CT molecular complexity index is 248. The van der Waals surface area contributed by atoms with Crippen LogP contribution in [0.3, 0.4) is 0 Å². The molecule has 5 heteroatoms. The normalized spacial score (nSPS) is 50.9. The molecule has 0 aromatic rings. The number of rotatable bonds is 1. The molecular formula is C9H13NO4. The van der Waals surface area contributed by atoms with Gasteiger partial charge in [-0.2, -0.15) is 0 Å². The van der Waals surface area contributed by atoms with E-state index in [0.29, 0.717) is 18.6 Å². The van der Waals surface area contributed by atoms with Crippen LogP contribution in [0.4, 0.5) is 0 Å². The third-order valence-electron chi connectivity index (χ3n) is 3.17. The summed E-state index contributed by atoms with van der Waals surface area (Å²) in [6.45, 7) is -0.551. The molecule has 3 heterocycles. The van der Waals surface area contributed by atoms with E-state index in [2.05, 4.69) is 5.32 Å². The Morgan fingerprint density at radius 2 is 1.86 bits per heavy atom. The summed E-state index contributed by atoms with van der Waals surface area (Å²) in [6.07, 6.45) is 1.07. The number of nitrogens with one attached hydrogen (secondary N) is 1. The maximum Gasteiger partial charge on any atom is 0.272 e. The second-order valence-corrected chi connectivity index (χ2v) is 4.05. The van der Waals surface area contributed by atoms with Crippen molar-refractivity contribution in [2.75, 3.05) is 7.11 Å². The quantitative estimate of drug-likeness (QED) is 0.611. The van der Waals surface area contributed by atoms with Gasteiger partial charge in [0.25, 0.3) is 6.48 Å². The highest BCUT2D eigenvalue weighted by molar-refractivity contribution is 5.81. The summed E-state index contributed by atoms with van der Waals surface area (Å²) in [6, 6.07) is 0.234.